The summed E-state index contributed by atoms with van der Waals surface area (Å²) in [5.74, 6) is 1.57. The number of nitrogens with zero attached hydrogens (tertiary/aromatic N) is 4. The fourth-order valence-electron chi connectivity index (χ4n) is 2.58. The number of aromatic nitrogens is 4. The molecule has 1 fully saturated rings. The zero-order valence-corrected chi connectivity index (χ0v) is 12.1. The summed E-state index contributed by atoms with van der Waals surface area (Å²) in [6.45, 7) is 7.36. The zero-order chi connectivity index (χ0) is 14.2. The van der Waals surface area contributed by atoms with Gasteiger partial charge in [-0.05, 0) is 37.3 Å². The first-order valence-corrected chi connectivity index (χ1v) is 6.92. The van der Waals surface area contributed by atoms with E-state index >= 15 is 0 Å². The van der Waals surface area contributed by atoms with Crippen molar-refractivity contribution in [1.29, 1.82) is 0 Å². The van der Waals surface area contributed by atoms with Crippen molar-refractivity contribution in [2.24, 2.45) is 5.41 Å². The minimum Gasteiger partial charge on any atom is -0.337 e. The number of aryl methyl sites for hydroxylation is 1. The van der Waals surface area contributed by atoms with Gasteiger partial charge in [-0.1, -0.05) is 19.0 Å². The highest BCUT2D eigenvalue weighted by atomic mass is 16.5. The van der Waals surface area contributed by atoms with E-state index < -0.39 is 0 Å². The Balaban J connectivity index is 1.88. The van der Waals surface area contributed by atoms with E-state index in [1.165, 1.54) is 6.42 Å². The Kier molecular flexibility index (Phi) is 3.25. The van der Waals surface area contributed by atoms with Crippen LogP contribution in [0.5, 0.6) is 0 Å². The summed E-state index contributed by atoms with van der Waals surface area (Å²) in [6, 6.07) is 0.0861. The molecule has 1 aliphatic heterocycles. The van der Waals surface area contributed by atoms with Crippen molar-refractivity contribution in [1.82, 2.24) is 25.4 Å². The van der Waals surface area contributed by atoms with Crippen LogP contribution >= 0.6 is 0 Å². The van der Waals surface area contributed by atoms with Crippen molar-refractivity contribution in [2.75, 3.05) is 6.54 Å². The Morgan fingerprint density at radius 1 is 1.25 bits per heavy atom. The van der Waals surface area contributed by atoms with Gasteiger partial charge in [0.2, 0.25) is 17.5 Å². The van der Waals surface area contributed by atoms with Gasteiger partial charge in [0.25, 0.3) is 0 Å². The highest BCUT2D eigenvalue weighted by Crippen LogP contribution is 2.39. The molecule has 1 atom stereocenters. The van der Waals surface area contributed by atoms with E-state index in [0.29, 0.717) is 17.5 Å². The largest absolute Gasteiger partial charge is 0.337 e. The lowest BCUT2D eigenvalue weighted by Gasteiger charge is -2.36. The molecule has 0 amide bonds. The third-order valence-electron chi connectivity index (χ3n) is 3.80. The molecule has 20 heavy (non-hydrogen) atoms. The monoisotopic (exact) mass is 273 g/mol. The molecule has 0 radical (unpaired) electrons. The lowest BCUT2D eigenvalue weighted by atomic mass is 9.77. The van der Waals surface area contributed by atoms with E-state index in [1.54, 1.807) is 12.4 Å². The number of piperidine rings is 1. The lowest BCUT2D eigenvalue weighted by molar-refractivity contribution is 0.146. The molecule has 0 aromatic carbocycles. The summed E-state index contributed by atoms with van der Waals surface area (Å²) < 4.78 is 5.42. The zero-order valence-electron chi connectivity index (χ0n) is 12.1. The summed E-state index contributed by atoms with van der Waals surface area (Å²) in [5.41, 5.74) is 1.11. The molecule has 2 aromatic rings. The molecule has 106 valence electrons. The Morgan fingerprint density at radius 3 is 2.70 bits per heavy atom. The van der Waals surface area contributed by atoms with E-state index in [0.717, 1.165) is 18.5 Å². The van der Waals surface area contributed by atoms with E-state index in [-0.39, 0.29) is 11.5 Å². The van der Waals surface area contributed by atoms with Gasteiger partial charge in [-0.25, -0.2) is 9.97 Å². The van der Waals surface area contributed by atoms with Crippen molar-refractivity contribution < 1.29 is 4.52 Å². The van der Waals surface area contributed by atoms with Crippen LogP contribution in [0.15, 0.2) is 16.9 Å². The fourth-order valence-corrected chi connectivity index (χ4v) is 2.58. The summed E-state index contributed by atoms with van der Waals surface area (Å²) in [7, 11) is 0. The molecule has 1 unspecified atom stereocenters. The first kappa shape index (κ1) is 13.2. The molecule has 3 heterocycles. The highest BCUT2D eigenvalue weighted by Gasteiger charge is 2.37. The van der Waals surface area contributed by atoms with Crippen LogP contribution in [0.2, 0.25) is 0 Å². The van der Waals surface area contributed by atoms with Gasteiger partial charge in [0, 0.05) is 12.4 Å². The number of nitrogens with one attached hydrogen (secondary N) is 1. The second-order valence-corrected chi connectivity index (χ2v) is 6.02. The van der Waals surface area contributed by atoms with Crippen LogP contribution in [0.4, 0.5) is 0 Å². The standard InChI is InChI=1S/C14H19N5O/c1-9-7-16-11(17-8-9)12-18-13(20-19-12)10-14(2,3)5-4-6-15-10/h7-8,10,15H,4-6H2,1-3H3. The van der Waals surface area contributed by atoms with E-state index in [9.17, 15) is 0 Å². The molecule has 0 saturated carbocycles. The van der Waals surface area contributed by atoms with Crippen molar-refractivity contribution in [3.8, 4) is 11.6 Å². The molecule has 6 nitrogen and oxygen atoms in total. The first-order chi connectivity index (χ1) is 9.56. The van der Waals surface area contributed by atoms with E-state index in [2.05, 4.69) is 39.3 Å². The van der Waals surface area contributed by atoms with Crippen LogP contribution in [-0.4, -0.2) is 26.7 Å². The van der Waals surface area contributed by atoms with Crippen LogP contribution in [0.3, 0.4) is 0 Å². The van der Waals surface area contributed by atoms with Crippen molar-refractivity contribution in [3.63, 3.8) is 0 Å². The molecule has 0 aliphatic carbocycles. The topological polar surface area (TPSA) is 76.7 Å². The predicted octanol–water partition coefficient (Wildman–Crippen LogP) is 2.29. The van der Waals surface area contributed by atoms with Gasteiger partial charge >= 0.3 is 0 Å². The van der Waals surface area contributed by atoms with Crippen molar-refractivity contribution in [3.05, 3.63) is 23.8 Å². The molecular weight excluding hydrogens is 254 g/mol. The summed E-state index contributed by atoms with van der Waals surface area (Å²) in [4.78, 5) is 12.9. The van der Waals surface area contributed by atoms with Gasteiger partial charge in [0.1, 0.15) is 0 Å². The molecule has 1 saturated heterocycles. The van der Waals surface area contributed by atoms with Crippen LogP contribution < -0.4 is 5.32 Å². The summed E-state index contributed by atoms with van der Waals surface area (Å²) in [6.07, 6.45) is 5.82. The second kappa shape index (κ2) is 4.94. The Bertz CT molecular complexity index is 590. The second-order valence-electron chi connectivity index (χ2n) is 6.02. The molecule has 3 rings (SSSR count). The third kappa shape index (κ3) is 2.43. The molecule has 2 aromatic heterocycles. The minimum atomic E-state index is 0.0861. The normalized spacial score (nSPS) is 21.9. The Labute approximate surface area is 118 Å². The molecule has 6 heteroatoms. The van der Waals surface area contributed by atoms with Gasteiger partial charge in [0.15, 0.2) is 0 Å². The molecule has 1 N–H and O–H groups in total. The van der Waals surface area contributed by atoms with Crippen LogP contribution in [0, 0.1) is 12.3 Å². The maximum atomic E-state index is 5.42. The van der Waals surface area contributed by atoms with Gasteiger partial charge < -0.3 is 9.84 Å². The molecule has 0 bridgehead atoms. The number of rotatable bonds is 2. The number of hydrogen-bond acceptors (Lipinski definition) is 6. The maximum Gasteiger partial charge on any atom is 0.244 e. The van der Waals surface area contributed by atoms with Gasteiger partial charge in [-0.15, -0.1) is 0 Å². The predicted molar refractivity (Wildman–Crippen MR) is 73.8 cm³/mol. The first-order valence-electron chi connectivity index (χ1n) is 6.92. The number of hydrogen-bond donors (Lipinski definition) is 1. The Morgan fingerprint density at radius 2 is 2.00 bits per heavy atom. The molecule has 0 spiro atoms. The van der Waals surface area contributed by atoms with Gasteiger partial charge in [0.05, 0.1) is 6.04 Å². The minimum absolute atomic E-state index is 0.0861. The lowest BCUT2D eigenvalue weighted by Crippen LogP contribution is -2.39. The van der Waals surface area contributed by atoms with E-state index in [1.807, 2.05) is 6.92 Å². The summed E-state index contributed by atoms with van der Waals surface area (Å²) >= 11 is 0. The quantitative estimate of drug-likeness (QED) is 0.904. The fraction of sp³-hybridized carbons (Fsp3) is 0.571. The van der Waals surface area contributed by atoms with E-state index in [4.69, 9.17) is 4.52 Å². The maximum absolute atomic E-state index is 5.42. The van der Waals surface area contributed by atoms with Crippen LogP contribution in [0.25, 0.3) is 11.6 Å². The molecule has 1 aliphatic rings. The van der Waals surface area contributed by atoms with Crippen LogP contribution in [-0.2, 0) is 0 Å². The SMILES string of the molecule is Cc1cnc(-c2noc(C3NCCCC3(C)C)n2)nc1. The third-order valence-corrected chi connectivity index (χ3v) is 3.80. The van der Waals surface area contributed by atoms with Crippen molar-refractivity contribution in [2.45, 2.75) is 39.7 Å². The average Bonchev–Trinajstić information content (AvgIpc) is 2.88. The van der Waals surface area contributed by atoms with Crippen molar-refractivity contribution >= 4 is 0 Å². The van der Waals surface area contributed by atoms with Gasteiger partial charge in [-0.2, -0.15) is 4.98 Å². The highest BCUT2D eigenvalue weighted by molar-refractivity contribution is 5.41. The Hall–Kier alpha value is -1.82. The average molecular weight is 273 g/mol. The molecular formula is C14H19N5O. The van der Waals surface area contributed by atoms with Crippen LogP contribution in [0.1, 0.15) is 44.2 Å². The van der Waals surface area contributed by atoms with Gasteiger partial charge in [-0.3, -0.25) is 0 Å². The smallest absolute Gasteiger partial charge is 0.244 e. The summed E-state index contributed by atoms with van der Waals surface area (Å²) in [5, 5.41) is 7.47.